The molecule has 0 aliphatic rings. The molecule has 0 aliphatic heterocycles. The fourth-order valence-electron chi connectivity index (χ4n) is 6.58. The molecular formula is C38H20N2O4. The highest BCUT2D eigenvalue weighted by Gasteiger charge is 2.21. The summed E-state index contributed by atoms with van der Waals surface area (Å²) < 4.78 is 2.24. The van der Waals surface area contributed by atoms with Crippen LogP contribution in [0.4, 0.5) is 0 Å². The molecular weight excluding hydrogens is 548 g/mol. The van der Waals surface area contributed by atoms with Crippen molar-refractivity contribution in [2.75, 3.05) is 0 Å². The third-order valence-electron chi connectivity index (χ3n) is 8.78. The predicted molar refractivity (Wildman–Crippen MR) is 178 cm³/mol. The minimum Gasteiger partial charge on any atom is -0.268 e. The molecule has 0 unspecified atom stereocenters. The van der Waals surface area contributed by atoms with E-state index < -0.39 is 22.2 Å². The molecule has 0 saturated carbocycles. The van der Waals surface area contributed by atoms with Crippen molar-refractivity contribution in [2.24, 2.45) is 0 Å². The van der Waals surface area contributed by atoms with Gasteiger partial charge in [0, 0.05) is 0 Å². The molecule has 6 nitrogen and oxygen atoms in total. The molecule has 2 heterocycles. The largest absolute Gasteiger partial charge is 0.268 e. The Labute approximate surface area is 247 Å². The molecule has 7 aromatic carbocycles. The van der Waals surface area contributed by atoms with E-state index in [1.165, 1.54) is 12.1 Å². The highest BCUT2D eigenvalue weighted by Crippen LogP contribution is 2.27. The Balaban J connectivity index is 1.22. The molecule has 9 rings (SSSR count). The summed E-state index contributed by atoms with van der Waals surface area (Å²) in [5.41, 5.74) is -1.23. The van der Waals surface area contributed by atoms with Gasteiger partial charge in [0.05, 0.1) is 32.9 Å². The minimum absolute atomic E-state index is 0.111. The summed E-state index contributed by atoms with van der Waals surface area (Å²) in [5, 5.41) is 8.51. The topological polar surface area (TPSA) is 78.1 Å². The summed E-state index contributed by atoms with van der Waals surface area (Å²) in [4.78, 5) is 54.6. The first-order chi connectivity index (χ1) is 21.4. The SMILES string of the molecule is O=c1c2cc3c(=O)n(-c4ccc5cc6ccccc6cc5c4)c(=O)c3cc2c(=O)n1-c1ccc2cc3ccccc3cc2c1. The van der Waals surface area contributed by atoms with E-state index in [0.717, 1.165) is 52.2 Å². The lowest BCUT2D eigenvalue weighted by Crippen LogP contribution is -2.24. The molecule has 0 spiro atoms. The number of benzene rings is 7. The molecule has 0 radical (unpaired) electrons. The van der Waals surface area contributed by atoms with Crippen LogP contribution >= 0.6 is 0 Å². The van der Waals surface area contributed by atoms with Crippen LogP contribution in [0.25, 0.3) is 76.0 Å². The van der Waals surface area contributed by atoms with E-state index in [-0.39, 0.29) is 21.5 Å². The van der Waals surface area contributed by atoms with Crippen LogP contribution in [0.3, 0.4) is 0 Å². The highest BCUT2D eigenvalue weighted by molar-refractivity contribution is 6.01. The van der Waals surface area contributed by atoms with Gasteiger partial charge in [-0.05, 0) is 104 Å². The lowest BCUT2D eigenvalue weighted by molar-refractivity contribution is 0.990. The van der Waals surface area contributed by atoms with Gasteiger partial charge in [-0.2, -0.15) is 0 Å². The van der Waals surface area contributed by atoms with E-state index in [4.69, 9.17) is 0 Å². The van der Waals surface area contributed by atoms with Crippen LogP contribution in [0.5, 0.6) is 0 Å². The van der Waals surface area contributed by atoms with Gasteiger partial charge < -0.3 is 0 Å². The van der Waals surface area contributed by atoms with Gasteiger partial charge in [0.25, 0.3) is 22.2 Å². The average molecular weight is 569 g/mol. The van der Waals surface area contributed by atoms with Gasteiger partial charge in [0.1, 0.15) is 0 Å². The van der Waals surface area contributed by atoms with Crippen molar-refractivity contribution >= 4 is 64.6 Å². The van der Waals surface area contributed by atoms with E-state index >= 15 is 0 Å². The molecule has 2 aromatic heterocycles. The zero-order chi connectivity index (χ0) is 29.7. The van der Waals surface area contributed by atoms with Crippen LogP contribution in [0.2, 0.25) is 0 Å². The molecule has 206 valence electrons. The number of nitrogens with zero attached hydrogens (tertiary/aromatic N) is 2. The van der Waals surface area contributed by atoms with E-state index in [9.17, 15) is 19.2 Å². The van der Waals surface area contributed by atoms with Crippen LogP contribution in [-0.4, -0.2) is 9.13 Å². The molecule has 9 aromatic rings. The third kappa shape index (κ3) is 3.36. The average Bonchev–Trinajstić information content (AvgIpc) is 3.44. The Morgan fingerprint density at radius 2 is 0.591 bits per heavy atom. The molecule has 0 saturated heterocycles. The lowest BCUT2D eigenvalue weighted by Gasteiger charge is -2.06. The second-order valence-corrected chi connectivity index (χ2v) is 11.3. The normalized spacial score (nSPS) is 12.0. The standard InChI is InChI=1S/C38H20N2O4/c41-35-31-19-33-34(38(44)40(37(33)43)30-12-10-26-14-22-6-2-4-8-24(22)16-28(26)18-30)20-32(31)36(42)39(35)29-11-9-25-13-21-5-1-3-7-23(21)15-27(25)17-29/h1-20H. The number of hydrogen-bond donors (Lipinski definition) is 0. The quantitative estimate of drug-likeness (QED) is 0.223. The van der Waals surface area contributed by atoms with Crippen molar-refractivity contribution in [3.05, 3.63) is 163 Å². The number of fused-ring (bicyclic) bond motifs is 6. The number of hydrogen-bond acceptors (Lipinski definition) is 4. The van der Waals surface area contributed by atoms with Crippen LogP contribution in [0.1, 0.15) is 0 Å². The van der Waals surface area contributed by atoms with Gasteiger partial charge in [-0.3, -0.25) is 19.2 Å². The maximum absolute atomic E-state index is 13.6. The fraction of sp³-hybridized carbons (Fsp3) is 0. The Kier molecular flexibility index (Phi) is 4.83. The van der Waals surface area contributed by atoms with Crippen molar-refractivity contribution < 1.29 is 0 Å². The maximum Gasteiger partial charge on any atom is 0.266 e. The number of rotatable bonds is 2. The van der Waals surface area contributed by atoms with Crippen molar-refractivity contribution in [1.29, 1.82) is 0 Å². The van der Waals surface area contributed by atoms with Gasteiger partial charge >= 0.3 is 0 Å². The predicted octanol–water partition coefficient (Wildman–Crippen LogP) is 6.50. The van der Waals surface area contributed by atoms with Crippen LogP contribution in [0.15, 0.2) is 141 Å². The first kappa shape index (κ1) is 24.5. The van der Waals surface area contributed by atoms with E-state index in [1.54, 1.807) is 12.1 Å². The summed E-state index contributed by atoms with van der Waals surface area (Å²) in [6.45, 7) is 0. The first-order valence-corrected chi connectivity index (χ1v) is 14.3. The molecule has 0 fully saturated rings. The Morgan fingerprint density at radius 3 is 0.932 bits per heavy atom. The summed E-state index contributed by atoms with van der Waals surface area (Å²) >= 11 is 0. The molecule has 44 heavy (non-hydrogen) atoms. The molecule has 0 amide bonds. The van der Waals surface area contributed by atoms with E-state index in [1.807, 2.05) is 84.9 Å². The van der Waals surface area contributed by atoms with Crippen molar-refractivity contribution in [3.63, 3.8) is 0 Å². The Bertz CT molecular complexity index is 2650. The molecule has 0 aliphatic carbocycles. The highest BCUT2D eigenvalue weighted by atomic mass is 16.2. The van der Waals surface area contributed by atoms with Crippen molar-refractivity contribution in [3.8, 4) is 11.4 Å². The second kappa shape index (κ2) is 8.69. The van der Waals surface area contributed by atoms with Gasteiger partial charge in [-0.25, -0.2) is 9.13 Å². The summed E-state index contributed by atoms with van der Waals surface area (Å²) in [6.07, 6.45) is 0. The van der Waals surface area contributed by atoms with Gasteiger partial charge in [-0.1, -0.05) is 60.7 Å². The first-order valence-electron chi connectivity index (χ1n) is 14.3. The zero-order valence-electron chi connectivity index (χ0n) is 23.1. The van der Waals surface area contributed by atoms with E-state index in [2.05, 4.69) is 12.1 Å². The van der Waals surface area contributed by atoms with Crippen LogP contribution < -0.4 is 22.2 Å². The monoisotopic (exact) mass is 568 g/mol. The summed E-state index contributed by atoms with van der Waals surface area (Å²) in [6, 6.07) is 37.9. The van der Waals surface area contributed by atoms with Gasteiger partial charge in [0.15, 0.2) is 0 Å². The smallest absolute Gasteiger partial charge is 0.266 e. The molecule has 0 bridgehead atoms. The minimum atomic E-state index is -0.524. The third-order valence-corrected chi connectivity index (χ3v) is 8.78. The Hall–Kier alpha value is -6.14. The summed E-state index contributed by atoms with van der Waals surface area (Å²) in [5.74, 6) is 0. The second-order valence-electron chi connectivity index (χ2n) is 11.3. The number of aromatic nitrogens is 2. The lowest BCUT2D eigenvalue weighted by atomic mass is 10.0. The van der Waals surface area contributed by atoms with Crippen LogP contribution in [0, 0.1) is 0 Å². The summed E-state index contributed by atoms with van der Waals surface area (Å²) in [7, 11) is 0. The van der Waals surface area contributed by atoms with Crippen molar-refractivity contribution in [2.45, 2.75) is 0 Å². The zero-order valence-corrected chi connectivity index (χ0v) is 23.1. The fourth-order valence-corrected chi connectivity index (χ4v) is 6.58. The van der Waals surface area contributed by atoms with Crippen molar-refractivity contribution in [1.82, 2.24) is 9.13 Å². The molecule has 6 heteroatoms. The molecule has 0 N–H and O–H groups in total. The van der Waals surface area contributed by atoms with Crippen LogP contribution in [-0.2, 0) is 0 Å². The van der Waals surface area contributed by atoms with Gasteiger partial charge in [-0.15, -0.1) is 0 Å². The Morgan fingerprint density at radius 1 is 0.295 bits per heavy atom. The van der Waals surface area contributed by atoms with E-state index in [0.29, 0.717) is 11.4 Å². The van der Waals surface area contributed by atoms with Gasteiger partial charge in [0.2, 0.25) is 0 Å². The molecule has 0 atom stereocenters. The maximum atomic E-state index is 13.6.